The molecule has 0 amide bonds. The SMILES string of the molecule is CC1(C)CNC(CO)CN(C2CCCCCC2)C1. The summed E-state index contributed by atoms with van der Waals surface area (Å²) in [5, 5.41) is 13.0. The minimum atomic E-state index is 0.259. The van der Waals surface area contributed by atoms with Crippen LogP contribution in [-0.2, 0) is 0 Å². The molecule has 2 rings (SSSR count). The Bertz CT molecular complexity index is 247. The van der Waals surface area contributed by atoms with Gasteiger partial charge >= 0.3 is 0 Å². The van der Waals surface area contributed by atoms with Crippen molar-refractivity contribution in [1.82, 2.24) is 10.2 Å². The fourth-order valence-electron chi connectivity index (χ4n) is 3.46. The van der Waals surface area contributed by atoms with Crippen LogP contribution in [-0.4, -0.2) is 48.3 Å². The van der Waals surface area contributed by atoms with Crippen LogP contribution in [0.3, 0.4) is 0 Å². The molecule has 1 heterocycles. The molecule has 2 fully saturated rings. The molecule has 1 aliphatic heterocycles. The van der Waals surface area contributed by atoms with Gasteiger partial charge in [0.2, 0.25) is 0 Å². The molecule has 0 aromatic heterocycles. The Labute approximate surface area is 112 Å². The van der Waals surface area contributed by atoms with Crippen LogP contribution in [0.15, 0.2) is 0 Å². The summed E-state index contributed by atoms with van der Waals surface area (Å²) in [7, 11) is 0. The van der Waals surface area contributed by atoms with Gasteiger partial charge in [0, 0.05) is 31.7 Å². The molecular weight excluding hydrogens is 224 g/mol. The monoisotopic (exact) mass is 254 g/mol. The second-order valence-corrected chi connectivity index (χ2v) is 7.00. The third kappa shape index (κ3) is 3.94. The third-order valence-electron chi connectivity index (χ3n) is 4.52. The maximum Gasteiger partial charge on any atom is 0.0597 e. The summed E-state index contributed by atoms with van der Waals surface area (Å²) in [5.41, 5.74) is 0.316. The molecule has 18 heavy (non-hydrogen) atoms. The van der Waals surface area contributed by atoms with Gasteiger partial charge in [-0.1, -0.05) is 39.5 Å². The van der Waals surface area contributed by atoms with Crippen molar-refractivity contribution >= 4 is 0 Å². The molecule has 3 heteroatoms. The topological polar surface area (TPSA) is 35.5 Å². The molecule has 0 aromatic carbocycles. The van der Waals surface area contributed by atoms with Crippen molar-refractivity contribution in [2.45, 2.75) is 64.5 Å². The van der Waals surface area contributed by atoms with E-state index in [-0.39, 0.29) is 12.6 Å². The third-order valence-corrected chi connectivity index (χ3v) is 4.52. The van der Waals surface area contributed by atoms with E-state index in [1.54, 1.807) is 0 Å². The van der Waals surface area contributed by atoms with Gasteiger partial charge in [0.1, 0.15) is 0 Å². The van der Waals surface area contributed by atoms with Gasteiger partial charge in [0.05, 0.1) is 6.61 Å². The summed E-state index contributed by atoms with van der Waals surface area (Å²) in [5.74, 6) is 0. The molecule has 1 saturated heterocycles. The van der Waals surface area contributed by atoms with Gasteiger partial charge < -0.3 is 10.4 Å². The Kier molecular flexibility index (Phi) is 5.05. The maximum atomic E-state index is 9.47. The molecule has 0 aromatic rings. The van der Waals surface area contributed by atoms with Crippen molar-refractivity contribution in [3.05, 3.63) is 0 Å². The standard InChI is InChI=1S/C15H30N2O/c1-15(2)11-16-13(10-18)9-17(12-15)14-7-5-3-4-6-8-14/h13-14,16,18H,3-12H2,1-2H3. The molecule has 1 saturated carbocycles. The molecule has 106 valence electrons. The van der Waals surface area contributed by atoms with Crippen LogP contribution in [0, 0.1) is 5.41 Å². The highest BCUT2D eigenvalue weighted by molar-refractivity contribution is 4.88. The highest BCUT2D eigenvalue weighted by Crippen LogP contribution is 2.27. The van der Waals surface area contributed by atoms with E-state index in [9.17, 15) is 5.11 Å². The lowest BCUT2D eigenvalue weighted by molar-refractivity contribution is 0.124. The Balaban J connectivity index is 2.02. The van der Waals surface area contributed by atoms with E-state index in [4.69, 9.17) is 0 Å². The van der Waals surface area contributed by atoms with Crippen LogP contribution in [0.4, 0.5) is 0 Å². The fraction of sp³-hybridized carbons (Fsp3) is 1.00. The summed E-state index contributed by atoms with van der Waals surface area (Å²) in [6.07, 6.45) is 8.31. The van der Waals surface area contributed by atoms with E-state index >= 15 is 0 Å². The Hall–Kier alpha value is -0.120. The van der Waals surface area contributed by atoms with Crippen LogP contribution in [0.2, 0.25) is 0 Å². The highest BCUT2D eigenvalue weighted by atomic mass is 16.3. The molecule has 2 aliphatic rings. The highest BCUT2D eigenvalue weighted by Gasteiger charge is 2.32. The van der Waals surface area contributed by atoms with Crippen LogP contribution >= 0.6 is 0 Å². The first-order valence-electron chi connectivity index (χ1n) is 7.69. The number of hydrogen-bond acceptors (Lipinski definition) is 3. The average molecular weight is 254 g/mol. The van der Waals surface area contributed by atoms with E-state index in [0.717, 1.165) is 19.1 Å². The van der Waals surface area contributed by atoms with Gasteiger partial charge in [0.15, 0.2) is 0 Å². The minimum absolute atomic E-state index is 0.259. The average Bonchev–Trinajstić information content (AvgIpc) is 2.67. The van der Waals surface area contributed by atoms with E-state index < -0.39 is 0 Å². The lowest BCUT2D eigenvalue weighted by Crippen LogP contribution is -2.44. The van der Waals surface area contributed by atoms with Crippen molar-refractivity contribution in [1.29, 1.82) is 0 Å². The number of nitrogens with zero attached hydrogens (tertiary/aromatic N) is 1. The van der Waals surface area contributed by atoms with Gasteiger partial charge in [-0.15, -0.1) is 0 Å². The van der Waals surface area contributed by atoms with Crippen molar-refractivity contribution < 1.29 is 5.11 Å². The lowest BCUT2D eigenvalue weighted by Gasteiger charge is -2.35. The molecule has 2 N–H and O–H groups in total. The first kappa shape index (κ1) is 14.3. The van der Waals surface area contributed by atoms with Gasteiger partial charge in [-0.3, -0.25) is 4.90 Å². The summed E-state index contributed by atoms with van der Waals surface area (Å²) in [4.78, 5) is 2.66. The normalized spacial score (nSPS) is 31.8. The smallest absolute Gasteiger partial charge is 0.0597 e. The molecule has 1 unspecified atom stereocenters. The zero-order valence-corrected chi connectivity index (χ0v) is 12.1. The molecule has 0 bridgehead atoms. The van der Waals surface area contributed by atoms with Crippen LogP contribution < -0.4 is 5.32 Å². The van der Waals surface area contributed by atoms with Gasteiger partial charge in [-0.2, -0.15) is 0 Å². The minimum Gasteiger partial charge on any atom is -0.395 e. The molecule has 0 spiro atoms. The second kappa shape index (κ2) is 6.36. The van der Waals surface area contributed by atoms with Crippen molar-refractivity contribution in [2.75, 3.05) is 26.2 Å². The Morgan fingerprint density at radius 1 is 1.17 bits per heavy atom. The van der Waals surface area contributed by atoms with Crippen LogP contribution in [0.1, 0.15) is 52.4 Å². The van der Waals surface area contributed by atoms with Crippen LogP contribution in [0.25, 0.3) is 0 Å². The van der Waals surface area contributed by atoms with E-state index in [1.165, 1.54) is 45.1 Å². The summed E-state index contributed by atoms with van der Waals surface area (Å²) in [6, 6.07) is 1.01. The summed E-state index contributed by atoms with van der Waals surface area (Å²) < 4.78 is 0. The zero-order chi connectivity index (χ0) is 13.0. The predicted octanol–water partition coefficient (Wildman–Crippen LogP) is 2.00. The molecule has 1 aliphatic carbocycles. The zero-order valence-electron chi connectivity index (χ0n) is 12.1. The van der Waals surface area contributed by atoms with E-state index in [0.29, 0.717) is 5.41 Å². The fourth-order valence-corrected chi connectivity index (χ4v) is 3.46. The number of nitrogens with one attached hydrogen (secondary N) is 1. The molecule has 0 radical (unpaired) electrons. The Morgan fingerprint density at radius 2 is 1.83 bits per heavy atom. The summed E-state index contributed by atoms with van der Waals surface area (Å²) in [6.45, 7) is 8.14. The molecule has 3 nitrogen and oxygen atoms in total. The first-order valence-corrected chi connectivity index (χ1v) is 7.69. The first-order chi connectivity index (χ1) is 8.61. The van der Waals surface area contributed by atoms with Gasteiger partial charge in [0.25, 0.3) is 0 Å². The molecular formula is C15H30N2O. The van der Waals surface area contributed by atoms with Crippen LogP contribution in [0.5, 0.6) is 0 Å². The van der Waals surface area contributed by atoms with Crippen molar-refractivity contribution in [3.63, 3.8) is 0 Å². The molecule has 1 atom stereocenters. The van der Waals surface area contributed by atoms with Gasteiger partial charge in [-0.25, -0.2) is 0 Å². The number of rotatable bonds is 2. The number of aliphatic hydroxyl groups is 1. The lowest BCUT2D eigenvalue weighted by atomic mass is 9.92. The van der Waals surface area contributed by atoms with Crippen molar-refractivity contribution in [2.24, 2.45) is 5.41 Å². The summed E-state index contributed by atoms with van der Waals surface area (Å²) >= 11 is 0. The largest absolute Gasteiger partial charge is 0.395 e. The van der Waals surface area contributed by atoms with Gasteiger partial charge in [-0.05, 0) is 18.3 Å². The second-order valence-electron chi connectivity index (χ2n) is 7.00. The maximum absolute atomic E-state index is 9.47. The quantitative estimate of drug-likeness (QED) is 0.740. The van der Waals surface area contributed by atoms with Crippen molar-refractivity contribution in [3.8, 4) is 0 Å². The number of hydrogen-bond donors (Lipinski definition) is 2. The Morgan fingerprint density at radius 3 is 2.44 bits per heavy atom. The number of aliphatic hydroxyl groups excluding tert-OH is 1. The van der Waals surface area contributed by atoms with E-state index in [2.05, 4.69) is 24.1 Å². The predicted molar refractivity (Wildman–Crippen MR) is 75.7 cm³/mol. The van der Waals surface area contributed by atoms with E-state index in [1.807, 2.05) is 0 Å².